The fourth-order valence-electron chi connectivity index (χ4n) is 2.19. The number of nitrogens with one attached hydrogen (secondary N) is 1. The van der Waals surface area contributed by atoms with Crippen molar-refractivity contribution >= 4 is 40.8 Å². The monoisotopic (exact) mass is 383 g/mol. The van der Waals surface area contributed by atoms with Crippen molar-refractivity contribution in [2.75, 3.05) is 5.32 Å². The van der Waals surface area contributed by atoms with Crippen molar-refractivity contribution in [1.29, 1.82) is 0 Å². The molecule has 0 spiro atoms. The Morgan fingerprint density at radius 1 is 1.12 bits per heavy atom. The van der Waals surface area contributed by atoms with Gasteiger partial charge in [0.05, 0.1) is 15.6 Å². The van der Waals surface area contributed by atoms with Gasteiger partial charge in [0.25, 0.3) is 5.91 Å². The number of anilines is 1. The lowest BCUT2D eigenvalue weighted by molar-refractivity contribution is -0.123. The van der Waals surface area contributed by atoms with E-state index in [0.29, 0.717) is 5.69 Å². The predicted molar refractivity (Wildman–Crippen MR) is 95.8 cm³/mol. The Bertz CT molecular complexity index is 819. The normalized spacial score (nSPS) is 11.8. The van der Waals surface area contributed by atoms with E-state index in [0.717, 1.165) is 23.3 Å². The van der Waals surface area contributed by atoms with Gasteiger partial charge in [0.1, 0.15) is 5.82 Å². The smallest absolute Gasteiger partial charge is 0.340 e. The van der Waals surface area contributed by atoms with Gasteiger partial charge in [-0.15, -0.1) is 0 Å². The van der Waals surface area contributed by atoms with Crippen molar-refractivity contribution < 1.29 is 18.7 Å². The maximum absolute atomic E-state index is 13.5. The second-order valence-electron chi connectivity index (χ2n) is 5.55. The van der Waals surface area contributed by atoms with Crippen LogP contribution in [0.1, 0.15) is 28.4 Å². The molecule has 0 heterocycles. The number of halogens is 3. The second kappa shape index (κ2) is 7.85. The third kappa shape index (κ3) is 4.50. The van der Waals surface area contributed by atoms with Gasteiger partial charge >= 0.3 is 5.97 Å². The number of ether oxygens (including phenoxy) is 1. The van der Waals surface area contributed by atoms with Gasteiger partial charge < -0.3 is 10.1 Å². The molecule has 0 aromatic heterocycles. The average molecular weight is 384 g/mol. The Kier molecular flexibility index (Phi) is 6.03. The molecule has 0 aliphatic carbocycles. The van der Waals surface area contributed by atoms with E-state index >= 15 is 0 Å². The zero-order valence-electron chi connectivity index (χ0n) is 13.8. The molecule has 2 rings (SSSR count). The quantitative estimate of drug-likeness (QED) is 0.601. The van der Waals surface area contributed by atoms with Crippen LogP contribution < -0.4 is 5.32 Å². The van der Waals surface area contributed by atoms with Gasteiger partial charge in [-0.05, 0) is 44.0 Å². The zero-order chi connectivity index (χ0) is 18.7. The van der Waals surface area contributed by atoms with Gasteiger partial charge in [0.2, 0.25) is 0 Å². The van der Waals surface area contributed by atoms with Crippen molar-refractivity contribution in [2.45, 2.75) is 26.9 Å². The minimum absolute atomic E-state index is 0.0567. The molecule has 0 aliphatic rings. The van der Waals surface area contributed by atoms with Crippen LogP contribution in [0.15, 0.2) is 30.3 Å². The Morgan fingerprint density at radius 3 is 2.32 bits per heavy atom. The molecule has 1 N–H and O–H groups in total. The van der Waals surface area contributed by atoms with Crippen molar-refractivity contribution in [3.63, 3.8) is 0 Å². The molecule has 0 aliphatic heterocycles. The summed E-state index contributed by atoms with van der Waals surface area (Å²) in [7, 11) is 0. The second-order valence-corrected chi connectivity index (χ2v) is 6.36. The highest BCUT2D eigenvalue weighted by Crippen LogP contribution is 2.25. The standard InChI is InChI=1S/C18H16Cl2FNO3/c1-9-5-4-6-10(2)16(9)22-17(23)11(3)25-18(24)12-7-15(21)14(20)8-13(12)19/h4-8,11H,1-3H3,(H,22,23). The summed E-state index contributed by atoms with van der Waals surface area (Å²) in [6.45, 7) is 5.13. The minimum atomic E-state index is -1.10. The molecule has 0 saturated heterocycles. The highest BCUT2D eigenvalue weighted by Gasteiger charge is 2.22. The van der Waals surface area contributed by atoms with E-state index in [1.165, 1.54) is 6.92 Å². The highest BCUT2D eigenvalue weighted by atomic mass is 35.5. The van der Waals surface area contributed by atoms with Crippen LogP contribution in [-0.2, 0) is 9.53 Å². The number of amides is 1. The molecule has 2 aromatic rings. The summed E-state index contributed by atoms with van der Waals surface area (Å²) in [5.74, 6) is -2.22. The number of esters is 1. The largest absolute Gasteiger partial charge is 0.449 e. The van der Waals surface area contributed by atoms with E-state index < -0.39 is 23.8 Å². The van der Waals surface area contributed by atoms with Crippen molar-refractivity contribution in [2.24, 2.45) is 0 Å². The van der Waals surface area contributed by atoms with Crippen molar-refractivity contribution in [3.05, 3.63) is 62.9 Å². The summed E-state index contributed by atoms with van der Waals surface area (Å²) in [5, 5.41) is 2.46. The van der Waals surface area contributed by atoms with Crippen LogP contribution in [0.25, 0.3) is 0 Å². The lowest BCUT2D eigenvalue weighted by atomic mass is 10.1. The average Bonchev–Trinajstić information content (AvgIpc) is 2.54. The number of hydrogen-bond donors (Lipinski definition) is 1. The molecule has 132 valence electrons. The van der Waals surface area contributed by atoms with Crippen LogP contribution in [0, 0.1) is 19.7 Å². The van der Waals surface area contributed by atoms with E-state index in [1.54, 1.807) is 0 Å². The minimum Gasteiger partial charge on any atom is -0.449 e. The van der Waals surface area contributed by atoms with Gasteiger partial charge in [-0.1, -0.05) is 41.4 Å². The Labute approximate surface area is 154 Å². The van der Waals surface area contributed by atoms with Crippen LogP contribution in [0.2, 0.25) is 10.0 Å². The highest BCUT2D eigenvalue weighted by molar-refractivity contribution is 6.36. The van der Waals surface area contributed by atoms with Crippen LogP contribution in [0.4, 0.5) is 10.1 Å². The molecule has 4 nitrogen and oxygen atoms in total. The molecule has 1 amide bonds. The molecular formula is C18H16Cl2FNO3. The lowest BCUT2D eigenvalue weighted by Crippen LogP contribution is -2.30. The SMILES string of the molecule is Cc1cccc(C)c1NC(=O)C(C)OC(=O)c1cc(F)c(Cl)cc1Cl. The van der Waals surface area contributed by atoms with Crippen LogP contribution in [0.3, 0.4) is 0 Å². The van der Waals surface area contributed by atoms with Crippen LogP contribution in [0.5, 0.6) is 0 Å². The van der Waals surface area contributed by atoms with Gasteiger partial charge in [0, 0.05) is 5.69 Å². The zero-order valence-corrected chi connectivity index (χ0v) is 15.3. The van der Waals surface area contributed by atoms with Gasteiger partial charge in [0.15, 0.2) is 6.10 Å². The molecular weight excluding hydrogens is 368 g/mol. The topological polar surface area (TPSA) is 55.4 Å². The molecule has 2 aromatic carbocycles. The molecule has 1 unspecified atom stereocenters. The van der Waals surface area contributed by atoms with E-state index in [2.05, 4.69) is 5.32 Å². The molecule has 0 radical (unpaired) electrons. The predicted octanol–water partition coefficient (Wildman–Crippen LogP) is 4.93. The fourth-order valence-corrected chi connectivity index (χ4v) is 2.65. The first kappa shape index (κ1) is 19.2. The van der Waals surface area contributed by atoms with Gasteiger partial charge in [-0.25, -0.2) is 9.18 Å². The van der Waals surface area contributed by atoms with Gasteiger partial charge in [-0.3, -0.25) is 4.79 Å². The molecule has 0 saturated carbocycles. The summed E-state index contributed by atoms with van der Waals surface area (Å²) in [6, 6.07) is 7.57. The maximum Gasteiger partial charge on any atom is 0.340 e. The Morgan fingerprint density at radius 2 is 1.72 bits per heavy atom. The van der Waals surface area contributed by atoms with E-state index in [1.807, 2.05) is 32.0 Å². The molecule has 25 heavy (non-hydrogen) atoms. The fraction of sp³-hybridized carbons (Fsp3) is 0.222. The third-order valence-corrected chi connectivity index (χ3v) is 4.21. The third-order valence-electron chi connectivity index (χ3n) is 3.61. The van der Waals surface area contributed by atoms with Crippen molar-refractivity contribution in [3.8, 4) is 0 Å². The van der Waals surface area contributed by atoms with E-state index in [4.69, 9.17) is 27.9 Å². The Balaban J connectivity index is 2.11. The summed E-state index contributed by atoms with van der Waals surface area (Å²) >= 11 is 11.5. The lowest BCUT2D eigenvalue weighted by Gasteiger charge is -2.16. The number of hydrogen-bond acceptors (Lipinski definition) is 3. The van der Waals surface area contributed by atoms with Crippen LogP contribution in [-0.4, -0.2) is 18.0 Å². The maximum atomic E-state index is 13.5. The summed E-state index contributed by atoms with van der Waals surface area (Å²) in [6.07, 6.45) is -1.10. The molecule has 0 fully saturated rings. The summed E-state index contributed by atoms with van der Waals surface area (Å²) in [5.41, 5.74) is 2.23. The Hall–Kier alpha value is -2.11. The van der Waals surface area contributed by atoms with Crippen LogP contribution >= 0.6 is 23.2 Å². The van der Waals surface area contributed by atoms with Gasteiger partial charge in [-0.2, -0.15) is 0 Å². The first-order chi connectivity index (χ1) is 11.7. The first-order valence-electron chi connectivity index (χ1n) is 7.43. The molecule has 0 bridgehead atoms. The molecule has 1 atom stereocenters. The molecule has 7 heteroatoms. The summed E-state index contributed by atoms with van der Waals surface area (Å²) in [4.78, 5) is 24.4. The number of aryl methyl sites for hydroxylation is 2. The number of carbonyl (C=O) groups excluding carboxylic acids is 2. The first-order valence-corrected chi connectivity index (χ1v) is 8.19. The van der Waals surface area contributed by atoms with Crippen molar-refractivity contribution in [1.82, 2.24) is 0 Å². The number of para-hydroxylation sites is 1. The summed E-state index contributed by atoms with van der Waals surface area (Å²) < 4.78 is 18.6. The number of benzene rings is 2. The number of rotatable bonds is 4. The van der Waals surface area contributed by atoms with E-state index in [9.17, 15) is 14.0 Å². The number of carbonyl (C=O) groups is 2. The van der Waals surface area contributed by atoms with E-state index in [-0.39, 0.29) is 15.6 Å².